The summed E-state index contributed by atoms with van der Waals surface area (Å²) in [5, 5.41) is 0.644. The lowest BCUT2D eigenvalue weighted by molar-refractivity contribution is 0.0743. The number of pyridine rings is 1. The zero-order chi connectivity index (χ0) is 15.4. The molecule has 0 bridgehead atoms. The first-order chi connectivity index (χ1) is 10.0. The lowest BCUT2D eigenvalue weighted by Crippen LogP contribution is -2.30. The maximum atomic E-state index is 12.6. The van der Waals surface area contributed by atoms with Gasteiger partial charge in [-0.3, -0.25) is 4.79 Å². The van der Waals surface area contributed by atoms with Crippen LogP contribution in [0.5, 0.6) is 0 Å². The second-order valence-corrected chi connectivity index (χ2v) is 5.13. The molecule has 1 unspecified atom stereocenters. The van der Waals surface area contributed by atoms with Crippen LogP contribution in [0.25, 0.3) is 0 Å². The maximum absolute atomic E-state index is 12.6. The number of nitrogens with two attached hydrogens (primary N) is 1. The van der Waals surface area contributed by atoms with Crippen LogP contribution in [0.2, 0.25) is 5.02 Å². The smallest absolute Gasteiger partial charge is 0.257 e. The molecule has 0 aliphatic heterocycles. The van der Waals surface area contributed by atoms with Crippen LogP contribution in [0.15, 0.2) is 42.6 Å². The van der Waals surface area contributed by atoms with E-state index in [9.17, 15) is 4.79 Å². The van der Waals surface area contributed by atoms with Gasteiger partial charge in [0.25, 0.3) is 5.91 Å². The summed E-state index contributed by atoms with van der Waals surface area (Å²) >= 11 is 6.00. The van der Waals surface area contributed by atoms with Crippen molar-refractivity contribution >= 4 is 23.3 Å². The third kappa shape index (κ3) is 3.32. The monoisotopic (exact) mass is 304 g/mol. The van der Waals surface area contributed by atoms with Crippen molar-refractivity contribution in [2.45, 2.75) is 13.0 Å². The SMILES string of the molecule is CC(c1cccc(Cl)c1)N(C)C(=O)c1cccnc1NN. The average molecular weight is 305 g/mol. The molecule has 0 saturated carbocycles. The second-order valence-electron chi connectivity index (χ2n) is 4.69. The van der Waals surface area contributed by atoms with Crippen molar-refractivity contribution < 1.29 is 4.79 Å². The Hall–Kier alpha value is -2.11. The number of rotatable bonds is 4. The Labute approximate surface area is 128 Å². The van der Waals surface area contributed by atoms with E-state index in [0.29, 0.717) is 16.4 Å². The van der Waals surface area contributed by atoms with Crippen LogP contribution in [0, 0.1) is 0 Å². The van der Waals surface area contributed by atoms with E-state index in [1.165, 1.54) is 0 Å². The number of amides is 1. The molecule has 2 rings (SSSR count). The quantitative estimate of drug-likeness (QED) is 0.673. The normalized spacial score (nSPS) is 11.8. The summed E-state index contributed by atoms with van der Waals surface area (Å²) in [6.45, 7) is 1.94. The van der Waals surface area contributed by atoms with Crippen molar-refractivity contribution in [1.29, 1.82) is 0 Å². The highest BCUT2D eigenvalue weighted by Gasteiger charge is 2.21. The van der Waals surface area contributed by atoms with Crippen LogP contribution < -0.4 is 11.3 Å². The van der Waals surface area contributed by atoms with Crippen molar-refractivity contribution in [3.8, 4) is 0 Å². The minimum atomic E-state index is -0.163. The molecule has 0 spiro atoms. The van der Waals surface area contributed by atoms with Crippen molar-refractivity contribution in [2.75, 3.05) is 12.5 Å². The summed E-state index contributed by atoms with van der Waals surface area (Å²) in [7, 11) is 1.74. The van der Waals surface area contributed by atoms with E-state index in [4.69, 9.17) is 17.4 Å². The summed E-state index contributed by atoms with van der Waals surface area (Å²) in [4.78, 5) is 18.3. The number of carbonyl (C=O) groups is 1. The van der Waals surface area contributed by atoms with Crippen molar-refractivity contribution in [1.82, 2.24) is 9.88 Å². The minimum absolute atomic E-state index is 0.123. The molecule has 1 amide bonds. The maximum Gasteiger partial charge on any atom is 0.257 e. The summed E-state index contributed by atoms with van der Waals surface area (Å²) < 4.78 is 0. The first-order valence-corrected chi connectivity index (χ1v) is 6.86. The molecule has 0 fully saturated rings. The fraction of sp³-hybridized carbons (Fsp3) is 0.200. The van der Waals surface area contributed by atoms with Gasteiger partial charge in [0.2, 0.25) is 0 Å². The molecule has 110 valence electrons. The van der Waals surface area contributed by atoms with E-state index in [1.54, 1.807) is 36.3 Å². The number of hydrogen-bond donors (Lipinski definition) is 2. The van der Waals surface area contributed by atoms with Gasteiger partial charge in [0.15, 0.2) is 5.82 Å². The number of nitrogens with one attached hydrogen (secondary N) is 1. The van der Waals surface area contributed by atoms with Gasteiger partial charge in [0, 0.05) is 18.3 Å². The Bertz CT molecular complexity index is 647. The molecule has 1 heterocycles. The Morgan fingerprint density at radius 1 is 1.38 bits per heavy atom. The number of hydrogen-bond acceptors (Lipinski definition) is 4. The lowest BCUT2D eigenvalue weighted by atomic mass is 10.1. The number of carbonyl (C=O) groups excluding carboxylic acids is 1. The Balaban J connectivity index is 2.26. The van der Waals surface area contributed by atoms with Gasteiger partial charge in [-0.05, 0) is 36.8 Å². The standard InChI is InChI=1S/C15H17ClN4O/c1-10(11-5-3-6-12(16)9-11)20(2)15(21)13-7-4-8-18-14(13)19-17/h3-10H,17H2,1-2H3,(H,18,19). The molecule has 3 N–H and O–H groups in total. The molecule has 1 aromatic carbocycles. The molecule has 0 radical (unpaired) electrons. The highest BCUT2D eigenvalue weighted by atomic mass is 35.5. The van der Waals surface area contributed by atoms with Gasteiger partial charge in [-0.2, -0.15) is 0 Å². The van der Waals surface area contributed by atoms with Gasteiger partial charge in [-0.25, -0.2) is 10.8 Å². The van der Waals surface area contributed by atoms with Gasteiger partial charge < -0.3 is 10.3 Å². The zero-order valence-corrected chi connectivity index (χ0v) is 12.6. The van der Waals surface area contributed by atoms with E-state index >= 15 is 0 Å². The molecule has 2 aromatic rings. The third-order valence-corrected chi connectivity index (χ3v) is 3.64. The number of nitrogen functional groups attached to an aromatic ring is 1. The van der Waals surface area contributed by atoms with Crippen molar-refractivity contribution in [2.24, 2.45) is 5.84 Å². The molecular weight excluding hydrogens is 288 g/mol. The van der Waals surface area contributed by atoms with Crippen LogP contribution in [-0.2, 0) is 0 Å². The summed E-state index contributed by atoms with van der Waals surface area (Å²) in [5.41, 5.74) is 3.83. The van der Waals surface area contributed by atoms with Gasteiger partial charge in [-0.15, -0.1) is 0 Å². The number of aromatic nitrogens is 1. The Kier molecular flexibility index (Phi) is 4.77. The largest absolute Gasteiger partial charge is 0.335 e. The van der Waals surface area contributed by atoms with Crippen molar-refractivity contribution in [3.63, 3.8) is 0 Å². The summed E-state index contributed by atoms with van der Waals surface area (Å²) in [6, 6.07) is 10.7. The number of nitrogens with zero attached hydrogens (tertiary/aromatic N) is 2. The molecule has 6 heteroatoms. The third-order valence-electron chi connectivity index (χ3n) is 3.41. The fourth-order valence-electron chi connectivity index (χ4n) is 2.05. The van der Waals surface area contributed by atoms with Crippen LogP contribution >= 0.6 is 11.6 Å². The number of benzene rings is 1. The Morgan fingerprint density at radius 2 is 2.14 bits per heavy atom. The van der Waals surface area contributed by atoms with Gasteiger partial charge in [-0.1, -0.05) is 23.7 Å². The topological polar surface area (TPSA) is 71.2 Å². The van der Waals surface area contributed by atoms with Crippen molar-refractivity contribution in [3.05, 3.63) is 58.7 Å². The predicted octanol–water partition coefficient (Wildman–Crippen LogP) is 2.85. The van der Waals surface area contributed by atoms with Crippen LogP contribution in [-0.4, -0.2) is 22.8 Å². The molecule has 0 aliphatic rings. The van der Waals surface area contributed by atoms with E-state index in [2.05, 4.69) is 10.4 Å². The predicted molar refractivity (Wildman–Crippen MR) is 84.0 cm³/mol. The number of hydrazine groups is 1. The van der Waals surface area contributed by atoms with E-state index in [0.717, 1.165) is 5.56 Å². The molecule has 21 heavy (non-hydrogen) atoms. The summed E-state index contributed by atoms with van der Waals surface area (Å²) in [6.07, 6.45) is 1.58. The van der Waals surface area contributed by atoms with E-state index < -0.39 is 0 Å². The van der Waals surface area contributed by atoms with Gasteiger partial charge in [0.05, 0.1) is 11.6 Å². The highest BCUT2D eigenvalue weighted by Crippen LogP contribution is 2.24. The second kappa shape index (κ2) is 6.56. The minimum Gasteiger partial charge on any atom is -0.335 e. The molecule has 1 aromatic heterocycles. The first kappa shape index (κ1) is 15.3. The molecule has 1 atom stereocenters. The zero-order valence-electron chi connectivity index (χ0n) is 11.9. The van der Waals surface area contributed by atoms with E-state index in [1.807, 2.05) is 25.1 Å². The molecular formula is C15H17ClN4O. The van der Waals surface area contributed by atoms with Crippen LogP contribution in [0.4, 0.5) is 5.82 Å². The van der Waals surface area contributed by atoms with Crippen LogP contribution in [0.1, 0.15) is 28.9 Å². The molecule has 5 nitrogen and oxygen atoms in total. The average Bonchev–Trinajstić information content (AvgIpc) is 2.52. The number of anilines is 1. The number of halogens is 1. The highest BCUT2D eigenvalue weighted by molar-refractivity contribution is 6.30. The lowest BCUT2D eigenvalue weighted by Gasteiger charge is -2.26. The molecule has 0 aliphatic carbocycles. The van der Waals surface area contributed by atoms with Crippen LogP contribution in [0.3, 0.4) is 0 Å². The van der Waals surface area contributed by atoms with Gasteiger partial charge >= 0.3 is 0 Å². The summed E-state index contributed by atoms with van der Waals surface area (Å²) in [5.74, 6) is 5.59. The molecule has 0 saturated heterocycles. The van der Waals surface area contributed by atoms with Gasteiger partial charge in [0.1, 0.15) is 0 Å². The first-order valence-electron chi connectivity index (χ1n) is 6.49. The fourth-order valence-corrected chi connectivity index (χ4v) is 2.25. The van der Waals surface area contributed by atoms with E-state index in [-0.39, 0.29) is 11.9 Å². The Morgan fingerprint density at radius 3 is 2.81 bits per heavy atom.